The van der Waals surface area contributed by atoms with Crippen LogP contribution in [0.1, 0.15) is 56.6 Å². The zero-order valence-electron chi connectivity index (χ0n) is 24.8. The number of allylic oxidation sites excluding steroid dienone is 3. The SMILES string of the molecule is COc1ccccc1[C@@H]1CC(=O)C2=C(C1)NC(C)=C(C(=O)OCCOC(C)C)[C@H]2c1cc(OC)c(OC)c(OC)c1. The van der Waals surface area contributed by atoms with E-state index < -0.39 is 11.9 Å². The molecule has 0 aromatic heterocycles. The average molecular weight is 566 g/mol. The van der Waals surface area contributed by atoms with E-state index in [-0.39, 0.29) is 37.4 Å². The molecular weight excluding hydrogens is 526 g/mol. The maximum absolute atomic E-state index is 14.0. The topological polar surface area (TPSA) is 102 Å². The van der Waals surface area contributed by atoms with Crippen molar-refractivity contribution in [1.29, 1.82) is 0 Å². The smallest absolute Gasteiger partial charge is 0.336 e. The van der Waals surface area contributed by atoms with E-state index in [2.05, 4.69) is 5.32 Å². The number of hydrogen-bond donors (Lipinski definition) is 1. The van der Waals surface area contributed by atoms with Crippen molar-refractivity contribution in [3.8, 4) is 23.0 Å². The second kappa shape index (κ2) is 13.1. The first kappa shape index (κ1) is 30.0. The minimum atomic E-state index is -0.704. The molecule has 2 aliphatic rings. The highest BCUT2D eigenvalue weighted by Crippen LogP contribution is 2.49. The largest absolute Gasteiger partial charge is 0.496 e. The van der Waals surface area contributed by atoms with Gasteiger partial charge in [-0.3, -0.25) is 4.79 Å². The summed E-state index contributed by atoms with van der Waals surface area (Å²) in [7, 11) is 6.22. The van der Waals surface area contributed by atoms with Crippen LogP contribution >= 0.6 is 0 Å². The molecule has 9 nitrogen and oxygen atoms in total. The number of carbonyl (C=O) groups is 2. The zero-order valence-corrected chi connectivity index (χ0v) is 24.8. The van der Waals surface area contributed by atoms with Crippen LogP contribution < -0.4 is 24.3 Å². The third kappa shape index (κ3) is 6.20. The van der Waals surface area contributed by atoms with Crippen LogP contribution in [0.25, 0.3) is 0 Å². The number of ether oxygens (including phenoxy) is 6. The Kier molecular flexibility index (Phi) is 9.60. The molecule has 0 saturated carbocycles. The Labute approximate surface area is 241 Å². The molecule has 0 radical (unpaired) electrons. The highest BCUT2D eigenvalue weighted by molar-refractivity contribution is 6.04. The predicted molar refractivity (Wildman–Crippen MR) is 154 cm³/mol. The van der Waals surface area contributed by atoms with E-state index in [4.69, 9.17) is 28.4 Å². The minimum Gasteiger partial charge on any atom is -0.496 e. The Morgan fingerprint density at radius 3 is 2.20 bits per heavy atom. The number of Topliss-reactive ketones (excluding diaryl/α,β-unsaturated/α-hetero) is 1. The van der Waals surface area contributed by atoms with Gasteiger partial charge in [-0.25, -0.2) is 4.79 Å². The van der Waals surface area contributed by atoms with Gasteiger partial charge in [0, 0.05) is 35.2 Å². The van der Waals surface area contributed by atoms with Crippen LogP contribution in [-0.4, -0.2) is 59.5 Å². The molecule has 2 atom stereocenters. The summed E-state index contributed by atoms with van der Waals surface area (Å²) in [5.74, 6) is 0.642. The average Bonchev–Trinajstić information content (AvgIpc) is 2.97. The first-order valence-corrected chi connectivity index (χ1v) is 13.7. The molecular formula is C32H39NO8. The lowest BCUT2D eigenvalue weighted by Crippen LogP contribution is -2.36. The Hall–Kier alpha value is -3.98. The fourth-order valence-electron chi connectivity index (χ4n) is 5.63. The second-order valence-corrected chi connectivity index (χ2v) is 10.3. The Bertz CT molecular complexity index is 1330. The lowest BCUT2D eigenvalue weighted by molar-refractivity contribution is -0.141. The van der Waals surface area contributed by atoms with Crippen molar-refractivity contribution in [2.24, 2.45) is 0 Å². The van der Waals surface area contributed by atoms with Crippen molar-refractivity contribution >= 4 is 11.8 Å². The van der Waals surface area contributed by atoms with Gasteiger partial charge in [-0.15, -0.1) is 0 Å². The van der Waals surface area contributed by atoms with Crippen molar-refractivity contribution in [2.45, 2.75) is 51.6 Å². The summed E-state index contributed by atoms with van der Waals surface area (Å²) in [5.41, 5.74) is 3.90. The molecule has 220 valence electrons. The van der Waals surface area contributed by atoms with E-state index in [0.29, 0.717) is 46.1 Å². The molecule has 0 unspecified atom stereocenters. The Morgan fingerprint density at radius 1 is 0.927 bits per heavy atom. The van der Waals surface area contributed by atoms with E-state index in [0.717, 1.165) is 17.0 Å². The van der Waals surface area contributed by atoms with Gasteiger partial charge in [-0.2, -0.15) is 0 Å². The predicted octanol–water partition coefficient (Wildman–Crippen LogP) is 5.05. The molecule has 4 rings (SSSR count). The third-order valence-corrected chi connectivity index (χ3v) is 7.41. The molecule has 0 fully saturated rings. The molecule has 0 bridgehead atoms. The number of rotatable bonds is 11. The van der Waals surface area contributed by atoms with Crippen molar-refractivity contribution in [1.82, 2.24) is 5.32 Å². The normalized spacial score (nSPS) is 18.6. The van der Waals surface area contributed by atoms with Crippen molar-refractivity contribution < 1.29 is 38.0 Å². The van der Waals surface area contributed by atoms with Gasteiger partial charge in [0.25, 0.3) is 0 Å². The molecule has 0 amide bonds. The zero-order chi connectivity index (χ0) is 29.7. The number of nitrogens with one attached hydrogen (secondary N) is 1. The van der Waals surface area contributed by atoms with Gasteiger partial charge >= 0.3 is 5.97 Å². The number of benzene rings is 2. The molecule has 1 heterocycles. The number of methoxy groups -OCH3 is 4. The van der Waals surface area contributed by atoms with Crippen LogP contribution in [0, 0.1) is 0 Å². The summed E-state index contributed by atoms with van der Waals surface area (Å²) in [6.45, 7) is 6.02. The number of esters is 1. The molecule has 1 aliphatic carbocycles. The number of hydrogen-bond acceptors (Lipinski definition) is 9. The molecule has 2 aromatic carbocycles. The van der Waals surface area contributed by atoms with Crippen LogP contribution in [0.2, 0.25) is 0 Å². The first-order valence-electron chi connectivity index (χ1n) is 13.7. The van der Waals surface area contributed by atoms with Crippen LogP contribution in [0.5, 0.6) is 23.0 Å². The van der Waals surface area contributed by atoms with Crippen LogP contribution in [0.4, 0.5) is 0 Å². The van der Waals surface area contributed by atoms with Gasteiger partial charge in [0.15, 0.2) is 17.3 Å². The van der Waals surface area contributed by atoms with E-state index in [9.17, 15) is 9.59 Å². The maximum Gasteiger partial charge on any atom is 0.336 e. The molecule has 9 heteroatoms. The number of ketones is 1. The summed E-state index contributed by atoms with van der Waals surface area (Å²) in [4.78, 5) is 27.6. The molecule has 1 N–H and O–H groups in total. The molecule has 0 saturated heterocycles. The maximum atomic E-state index is 14.0. The van der Waals surface area contributed by atoms with Gasteiger partial charge in [0.1, 0.15) is 12.4 Å². The Morgan fingerprint density at radius 2 is 1.59 bits per heavy atom. The quantitative estimate of drug-likeness (QED) is 0.296. The Balaban J connectivity index is 1.81. The number of carbonyl (C=O) groups excluding carboxylic acids is 2. The summed E-state index contributed by atoms with van der Waals surface area (Å²) in [5, 5.41) is 3.38. The van der Waals surface area contributed by atoms with Gasteiger partial charge in [-0.05, 0) is 56.5 Å². The summed E-state index contributed by atoms with van der Waals surface area (Å²) in [6.07, 6.45) is 0.858. The summed E-state index contributed by atoms with van der Waals surface area (Å²) in [6, 6.07) is 11.3. The van der Waals surface area contributed by atoms with Gasteiger partial charge in [0.05, 0.1) is 46.7 Å². The number of para-hydroxylation sites is 1. The third-order valence-electron chi connectivity index (χ3n) is 7.41. The highest BCUT2D eigenvalue weighted by atomic mass is 16.6. The summed E-state index contributed by atoms with van der Waals surface area (Å²) >= 11 is 0. The molecule has 41 heavy (non-hydrogen) atoms. The van der Waals surface area contributed by atoms with Gasteiger partial charge in [0.2, 0.25) is 5.75 Å². The van der Waals surface area contributed by atoms with E-state index >= 15 is 0 Å². The standard InChI is InChI=1S/C32H39NO8/c1-18(2)40-12-13-41-32(35)28-19(3)33-23-14-20(22-10-8-9-11-25(22)36-4)15-24(34)30(23)29(28)21-16-26(37-5)31(39-7)27(17-21)38-6/h8-11,16-18,20,29,33H,12-15H2,1-7H3/t20-,29+/m0/s1. The van der Waals surface area contributed by atoms with E-state index in [1.807, 2.05) is 45.0 Å². The number of dihydropyridines is 1. The summed E-state index contributed by atoms with van der Waals surface area (Å²) < 4.78 is 33.5. The van der Waals surface area contributed by atoms with Gasteiger partial charge in [-0.1, -0.05) is 18.2 Å². The van der Waals surface area contributed by atoms with Crippen LogP contribution in [0.15, 0.2) is 58.9 Å². The van der Waals surface area contributed by atoms with Gasteiger partial charge < -0.3 is 33.7 Å². The van der Waals surface area contributed by atoms with Crippen LogP contribution in [-0.2, 0) is 19.1 Å². The van der Waals surface area contributed by atoms with E-state index in [1.165, 1.54) is 21.3 Å². The molecule has 2 aromatic rings. The van der Waals surface area contributed by atoms with Crippen LogP contribution in [0.3, 0.4) is 0 Å². The fraction of sp³-hybridized carbons (Fsp3) is 0.438. The lowest BCUT2D eigenvalue weighted by atomic mass is 9.71. The highest BCUT2D eigenvalue weighted by Gasteiger charge is 2.42. The van der Waals surface area contributed by atoms with Crippen molar-refractivity contribution in [2.75, 3.05) is 41.7 Å². The van der Waals surface area contributed by atoms with E-state index in [1.54, 1.807) is 19.2 Å². The first-order chi connectivity index (χ1) is 19.7. The minimum absolute atomic E-state index is 0.0155. The van der Waals surface area contributed by atoms with Crippen molar-refractivity contribution in [3.63, 3.8) is 0 Å². The van der Waals surface area contributed by atoms with Crippen molar-refractivity contribution in [3.05, 3.63) is 70.1 Å². The molecule has 1 aliphatic heterocycles. The molecule has 0 spiro atoms. The monoisotopic (exact) mass is 565 g/mol. The second-order valence-electron chi connectivity index (χ2n) is 10.3. The fourth-order valence-corrected chi connectivity index (χ4v) is 5.63. The lowest BCUT2D eigenvalue weighted by Gasteiger charge is -2.37.